The maximum absolute atomic E-state index is 14.0. The number of aromatic nitrogens is 1. The summed E-state index contributed by atoms with van der Waals surface area (Å²) in [5, 5.41) is 0.864. The van der Waals surface area contributed by atoms with Gasteiger partial charge in [-0.15, -0.1) is 0 Å². The van der Waals surface area contributed by atoms with Gasteiger partial charge >= 0.3 is 0 Å². The van der Waals surface area contributed by atoms with Gasteiger partial charge in [0.25, 0.3) is 11.8 Å². The molecule has 1 aliphatic carbocycles. The first-order valence-electron chi connectivity index (χ1n) is 12.3. The lowest BCUT2D eigenvalue weighted by atomic mass is 9.94. The lowest BCUT2D eigenvalue weighted by molar-refractivity contribution is 0.0653. The number of hydrogen-bond acceptors (Lipinski definition) is 3. The van der Waals surface area contributed by atoms with Crippen molar-refractivity contribution in [1.82, 2.24) is 14.8 Å². The zero-order valence-corrected chi connectivity index (χ0v) is 18.9. The third-order valence-electron chi connectivity index (χ3n) is 7.76. The van der Waals surface area contributed by atoms with E-state index in [1.165, 1.54) is 24.8 Å². The van der Waals surface area contributed by atoms with Crippen molar-refractivity contribution in [1.29, 1.82) is 0 Å². The van der Waals surface area contributed by atoms with Crippen LogP contribution in [0.15, 0.2) is 54.6 Å². The van der Waals surface area contributed by atoms with Crippen molar-refractivity contribution in [2.24, 2.45) is 0 Å². The average Bonchev–Trinajstić information content (AvgIpc) is 3.49. The van der Waals surface area contributed by atoms with Crippen LogP contribution in [0.4, 0.5) is 0 Å². The van der Waals surface area contributed by atoms with Gasteiger partial charge in [-0.3, -0.25) is 9.59 Å². The normalized spacial score (nSPS) is 21.1. The Hall–Kier alpha value is -3.21. The summed E-state index contributed by atoms with van der Waals surface area (Å²) in [6.07, 6.45) is 6.64. The van der Waals surface area contributed by atoms with Gasteiger partial charge in [-0.2, -0.15) is 0 Å². The smallest absolute Gasteiger partial charge is 0.273 e. The molecule has 3 aromatic rings. The Balaban J connectivity index is 1.37. The van der Waals surface area contributed by atoms with E-state index in [0.29, 0.717) is 30.3 Å². The molecular weight excluding hydrogens is 410 g/mol. The van der Waals surface area contributed by atoms with E-state index in [4.69, 9.17) is 4.98 Å². The van der Waals surface area contributed by atoms with Crippen LogP contribution in [0.1, 0.15) is 76.4 Å². The van der Waals surface area contributed by atoms with Crippen molar-refractivity contribution in [3.63, 3.8) is 0 Å². The van der Waals surface area contributed by atoms with E-state index in [1.807, 2.05) is 40.1 Å². The molecule has 2 aliphatic heterocycles. The Kier molecular flexibility index (Phi) is 5.12. The summed E-state index contributed by atoms with van der Waals surface area (Å²) in [7, 11) is 0. The van der Waals surface area contributed by atoms with Gasteiger partial charge in [0.2, 0.25) is 0 Å². The quantitative estimate of drug-likeness (QED) is 0.567. The fourth-order valence-corrected chi connectivity index (χ4v) is 5.99. The molecule has 0 spiro atoms. The summed E-state index contributed by atoms with van der Waals surface area (Å²) >= 11 is 0. The van der Waals surface area contributed by atoms with Crippen LogP contribution in [-0.4, -0.2) is 45.7 Å². The van der Waals surface area contributed by atoms with E-state index in [9.17, 15) is 9.59 Å². The SMILES string of the molecule is O=C(c1c2c(nc3ccccc13)C(=O)N(C1CCCCC1)C2)N1CC[C@@H](c2ccccc2)C1. The third kappa shape index (κ3) is 3.50. The number of para-hydroxylation sites is 1. The average molecular weight is 440 g/mol. The van der Waals surface area contributed by atoms with Crippen molar-refractivity contribution >= 4 is 22.7 Å². The minimum Gasteiger partial charge on any atom is -0.338 e. The number of benzene rings is 2. The Bertz CT molecular complexity index is 1220. The lowest BCUT2D eigenvalue weighted by Crippen LogP contribution is -2.37. The molecule has 0 radical (unpaired) electrons. The second kappa shape index (κ2) is 8.29. The number of fused-ring (bicyclic) bond motifs is 2. The second-order valence-corrected chi connectivity index (χ2v) is 9.70. The van der Waals surface area contributed by atoms with E-state index in [1.54, 1.807) is 0 Å². The first kappa shape index (κ1) is 20.4. The first-order valence-corrected chi connectivity index (χ1v) is 12.3. The van der Waals surface area contributed by atoms with Crippen molar-refractivity contribution < 1.29 is 9.59 Å². The van der Waals surface area contributed by atoms with Gasteiger partial charge in [-0.1, -0.05) is 67.8 Å². The third-order valence-corrected chi connectivity index (χ3v) is 7.76. The summed E-state index contributed by atoms with van der Waals surface area (Å²) in [6.45, 7) is 1.96. The Morgan fingerprint density at radius 3 is 2.48 bits per heavy atom. The predicted molar refractivity (Wildman–Crippen MR) is 128 cm³/mol. The topological polar surface area (TPSA) is 53.5 Å². The molecule has 5 heteroatoms. The summed E-state index contributed by atoms with van der Waals surface area (Å²) in [4.78, 5) is 36.1. The number of pyridine rings is 1. The molecule has 2 aromatic carbocycles. The molecule has 1 aromatic heterocycles. The van der Waals surface area contributed by atoms with E-state index in [0.717, 1.165) is 42.3 Å². The standard InChI is InChI=1S/C28H29N3O2/c32-27(30-16-15-20(17-30)19-9-3-1-4-10-19)25-22-13-7-8-14-24(22)29-26-23(25)18-31(28(26)33)21-11-5-2-6-12-21/h1,3-4,7-10,13-14,20-21H,2,5-6,11-12,15-18H2/t20-/m1/s1. The fraction of sp³-hybridized carbons (Fsp3) is 0.393. The van der Waals surface area contributed by atoms with Crippen LogP contribution in [0.2, 0.25) is 0 Å². The molecule has 0 unspecified atom stereocenters. The van der Waals surface area contributed by atoms with Gasteiger partial charge in [0.15, 0.2) is 0 Å². The first-order chi connectivity index (χ1) is 16.2. The van der Waals surface area contributed by atoms with Crippen LogP contribution in [0, 0.1) is 0 Å². The molecule has 3 aliphatic rings. The van der Waals surface area contributed by atoms with Gasteiger partial charge in [0, 0.05) is 42.5 Å². The zero-order valence-electron chi connectivity index (χ0n) is 18.9. The van der Waals surface area contributed by atoms with Crippen molar-refractivity contribution in [3.8, 4) is 0 Å². The van der Waals surface area contributed by atoms with Crippen LogP contribution < -0.4 is 0 Å². The van der Waals surface area contributed by atoms with Crippen molar-refractivity contribution in [2.45, 2.75) is 57.0 Å². The molecule has 6 rings (SSSR count). The van der Waals surface area contributed by atoms with E-state index in [2.05, 4.69) is 24.3 Å². The number of rotatable bonds is 3. The highest BCUT2D eigenvalue weighted by molar-refractivity contribution is 6.12. The maximum Gasteiger partial charge on any atom is 0.273 e. The minimum absolute atomic E-state index is 0.000266. The van der Waals surface area contributed by atoms with Crippen LogP contribution in [0.25, 0.3) is 10.9 Å². The zero-order chi connectivity index (χ0) is 22.4. The summed E-state index contributed by atoms with van der Waals surface area (Å²) in [5.41, 5.74) is 4.03. The molecule has 0 N–H and O–H groups in total. The maximum atomic E-state index is 14.0. The summed E-state index contributed by atoms with van der Waals surface area (Å²) in [6, 6.07) is 18.5. The number of carbonyl (C=O) groups excluding carboxylic acids is 2. The van der Waals surface area contributed by atoms with E-state index in [-0.39, 0.29) is 17.9 Å². The van der Waals surface area contributed by atoms with Gasteiger partial charge in [-0.25, -0.2) is 4.98 Å². The number of amides is 2. The molecule has 5 nitrogen and oxygen atoms in total. The van der Waals surface area contributed by atoms with Crippen LogP contribution >= 0.6 is 0 Å². The molecule has 1 saturated carbocycles. The van der Waals surface area contributed by atoms with E-state index >= 15 is 0 Å². The number of likely N-dealkylation sites (tertiary alicyclic amines) is 1. The molecule has 2 fully saturated rings. The summed E-state index contributed by atoms with van der Waals surface area (Å²) < 4.78 is 0. The fourth-order valence-electron chi connectivity index (χ4n) is 5.99. The van der Waals surface area contributed by atoms with Gasteiger partial charge in [-0.05, 0) is 30.9 Å². The Labute approximate surface area is 194 Å². The highest BCUT2D eigenvalue weighted by Gasteiger charge is 2.39. The van der Waals surface area contributed by atoms with Gasteiger partial charge in [0.05, 0.1) is 11.1 Å². The highest BCUT2D eigenvalue weighted by atomic mass is 16.2. The molecule has 3 heterocycles. The number of hydrogen-bond donors (Lipinski definition) is 0. The molecule has 2 amide bonds. The Morgan fingerprint density at radius 1 is 0.909 bits per heavy atom. The summed E-state index contributed by atoms with van der Waals surface area (Å²) in [5.74, 6) is 0.401. The molecule has 168 valence electrons. The van der Waals surface area contributed by atoms with Gasteiger partial charge in [0.1, 0.15) is 5.69 Å². The predicted octanol–water partition coefficient (Wildman–Crippen LogP) is 5.15. The minimum atomic E-state index is 0.000266. The second-order valence-electron chi connectivity index (χ2n) is 9.70. The lowest BCUT2D eigenvalue weighted by Gasteiger charge is -2.30. The monoisotopic (exact) mass is 439 g/mol. The molecule has 1 atom stereocenters. The highest BCUT2D eigenvalue weighted by Crippen LogP contribution is 2.36. The van der Waals surface area contributed by atoms with Crippen molar-refractivity contribution in [3.05, 3.63) is 77.0 Å². The number of nitrogens with zero attached hydrogens (tertiary/aromatic N) is 3. The Morgan fingerprint density at radius 2 is 1.67 bits per heavy atom. The largest absolute Gasteiger partial charge is 0.338 e. The van der Waals surface area contributed by atoms with Crippen LogP contribution in [0.5, 0.6) is 0 Å². The van der Waals surface area contributed by atoms with Crippen LogP contribution in [-0.2, 0) is 6.54 Å². The van der Waals surface area contributed by atoms with Gasteiger partial charge < -0.3 is 9.80 Å². The molecule has 1 saturated heterocycles. The van der Waals surface area contributed by atoms with Crippen molar-refractivity contribution in [2.75, 3.05) is 13.1 Å². The molecule has 0 bridgehead atoms. The molecule has 33 heavy (non-hydrogen) atoms. The van der Waals surface area contributed by atoms with Crippen LogP contribution in [0.3, 0.4) is 0 Å². The number of carbonyl (C=O) groups is 2. The van der Waals surface area contributed by atoms with E-state index < -0.39 is 0 Å². The molecular formula is C28H29N3O2.